The molecule has 0 aliphatic carbocycles. The molecule has 2 aromatic rings. The van der Waals surface area contributed by atoms with Gasteiger partial charge in [0.2, 0.25) is 0 Å². The van der Waals surface area contributed by atoms with E-state index in [-0.39, 0.29) is 22.4 Å². The quantitative estimate of drug-likeness (QED) is 0.746. The molecule has 0 saturated carbocycles. The molecule has 2 heteroatoms. The van der Waals surface area contributed by atoms with Crippen molar-refractivity contribution in [3.63, 3.8) is 0 Å². The van der Waals surface area contributed by atoms with Gasteiger partial charge in [-0.3, -0.25) is 0 Å². The fraction of sp³-hybridized carbons (Fsp3) is 0.400. The molecule has 0 radical (unpaired) electrons. The molecule has 0 fully saturated rings. The first-order valence-corrected chi connectivity index (χ1v) is 7.69. The molecule has 0 bridgehead atoms. The topological polar surface area (TPSA) is 20.2 Å². The van der Waals surface area contributed by atoms with E-state index in [2.05, 4.69) is 34.6 Å². The zero-order valence-electron chi connectivity index (χ0n) is 14.1. The fourth-order valence-electron chi connectivity index (χ4n) is 3.28. The molecule has 0 aromatic heterocycles. The van der Waals surface area contributed by atoms with Gasteiger partial charge in [0.15, 0.2) is 0 Å². The second kappa shape index (κ2) is 5.75. The van der Waals surface area contributed by atoms with Crippen LogP contribution in [0.2, 0.25) is 0 Å². The summed E-state index contributed by atoms with van der Waals surface area (Å²) in [6.07, 6.45) is 1.00. The van der Waals surface area contributed by atoms with Crippen LogP contribution in [0.5, 0.6) is 5.75 Å². The molecule has 0 heterocycles. The molecule has 1 N–H and O–H groups in total. The zero-order valence-corrected chi connectivity index (χ0v) is 14.1. The van der Waals surface area contributed by atoms with Gasteiger partial charge in [-0.25, -0.2) is 4.39 Å². The molecule has 118 valence electrons. The third kappa shape index (κ3) is 3.68. The lowest BCUT2D eigenvalue weighted by Crippen LogP contribution is -2.24. The Hall–Kier alpha value is -1.83. The maximum Gasteiger partial charge on any atom is 0.131 e. The summed E-state index contributed by atoms with van der Waals surface area (Å²) in [5, 5.41) is 10.1. The van der Waals surface area contributed by atoms with E-state index in [0.29, 0.717) is 11.1 Å². The molecule has 0 aliphatic rings. The van der Waals surface area contributed by atoms with E-state index in [9.17, 15) is 9.50 Å². The number of rotatable bonds is 3. The van der Waals surface area contributed by atoms with Gasteiger partial charge < -0.3 is 5.11 Å². The average Bonchev–Trinajstić information content (AvgIpc) is 2.37. The normalized spacial score (nSPS) is 12.5. The molecular formula is C20H25FO. The van der Waals surface area contributed by atoms with Gasteiger partial charge in [0.05, 0.1) is 0 Å². The molecule has 0 saturated heterocycles. The van der Waals surface area contributed by atoms with Crippen molar-refractivity contribution in [1.82, 2.24) is 0 Å². The standard InChI is InChI=1S/C20H25FO/c1-19(2,3)13-20(4,5)14-10-11-18(22)16(12-14)15-8-6-7-9-17(15)21/h6-12,22H,13H2,1-5H3. The summed E-state index contributed by atoms with van der Waals surface area (Å²) in [4.78, 5) is 0. The lowest BCUT2D eigenvalue weighted by Gasteiger charge is -2.33. The first-order chi connectivity index (χ1) is 10.1. The largest absolute Gasteiger partial charge is 0.507 e. The van der Waals surface area contributed by atoms with Crippen LogP contribution in [0.3, 0.4) is 0 Å². The second-order valence-electron chi connectivity index (χ2n) is 7.83. The molecule has 0 spiro atoms. The van der Waals surface area contributed by atoms with Gasteiger partial charge in [0.25, 0.3) is 0 Å². The predicted molar refractivity (Wildman–Crippen MR) is 90.6 cm³/mol. The van der Waals surface area contributed by atoms with Gasteiger partial charge in [-0.2, -0.15) is 0 Å². The van der Waals surface area contributed by atoms with Crippen molar-refractivity contribution in [1.29, 1.82) is 0 Å². The smallest absolute Gasteiger partial charge is 0.131 e. The summed E-state index contributed by atoms with van der Waals surface area (Å²) in [5.41, 5.74) is 2.25. The van der Waals surface area contributed by atoms with Crippen molar-refractivity contribution >= 4 is 0 Å². The van der Waals surface area contributed by atoms with E-state index >= 15 is 0 Å². The molecule has 1 nitrogen and oxygen atoms in total. The number of phenols is 1. The van der Waals surface area contributed by atoms with Crippen LogP contribution in [0, 0.1) is 11.2 Å². The van der Waals surface area contributed by atoms with Crippen LogP contribution < -0.4 is 0 Å². The molecule has 22 heavy (non-hydrogen) atoms. The summed E-state index contributed by atoms with van der Waals surface area (Å²) in [6.45, 7) is 11.0. The Morgan fingerprint density at radius 3 is 2.14 bits per heavy atom. The number of hydrogen-bond donors (Lipinski definition) is 1. The van der Waals surface area contributed by atoms with Gasteiger partial charge in [-0.15, -0.1) is 0 Å². The van der Waals surface area contributed by atoms with Crippen LogP contribution in [0.25, 0.3) is 11.1 Å². The number of hydrogen-bond acceptors (Lipinski definition) is 1. The Bertz CT molecular complexity index is 666. The number of halogens is 1. The predicted octanol–water partition coefficient (Wildman–Crippen LogP) is 5.91. The van der Waals surface area contributed by atoms with Gasteiger partial charge in [0.1, 0.15) is 11.6 Å². The van der Waals surface area contributed by atoms with Crippen molar-refractivity contribution < 1.29 is 9.50 Å². The van der Waals surface area contributed by atoms with Crippen LogP contribution in [0.4, 0.5) is 4.39 Å². The van der Waals surface area contributed by atoms with E-state index < -0.39 is 0 Å². The van der Waals surface area contributed by atoms with E-state index in [1.165, 1.54) is 6.07 Å². The van der Waals surface area contributed by atoms with Crippen molar-refractivity contribution in [2.75, 3.05) is 0 Å². The first kappa shape index (κ1) is 16.5. The molecule has 0 amide bonds. The Morgan fingerprint density at radius 2 is 1.55 bits per heavy atom. The number of phenolic OH excluding ortho intramolecular Hbond substituents is 1. The summed E-state index contributed by atoms with van der Waals surface area (Å²) in [5.74, 6) is -0.205. The Morgan fingerprint density at radius 1 is 0.909 bits per heavy atom. The summed E-state index contributed by atoms with van der Waals surface area (Å²) in [6, 6.07) is 12.1. The number of benzene rings is 2. The van der Waals surface area contributed by atoms with Crippen LogP contribution in [-0.4, -0.2) is 5.11 Å². The molecule has 0 atom stereocenters. The van der Waals surface area contributed by atoms with E-state index in [1.54, 1.807) is 24.3 Å². The second-order valence-corrected chi connectivity index (χ2v) is 7.83. The molecule has 0 unspecified atom stereocenters. The highest BCUT2D eigenvalue weighted by molar-refractivity contribution is 5.71. The fourth-order valence-corrected chi connectivity index (χ4v) is 3.28. The molecular weight excluding hydrogens is 275 g/mol. The van der Waals surface area contributed by atoms with E-state index in [4.69, 9.17) is 0 Å². The molecule has 2 rings (SSSR count). The highest BCUT2D eigenvalue weighted by atomic mass is 19.1. The minimum absolute atomic E-state index is 0.0496. The molecule has 2 aromatic carbocycles. The Labute approximate surface area is 132 Å². The Balaban J connectivity index is 2.50. The van der Waals surface area contributed by atoms with Crippen molar-refractivity contribution in [2.45, 2.75) is 46.5 Å². The minimum atomic E-state index is -0.316. The van der Waals surface area contributed by atoms with Crippen LogP contribution in [0.1, 0.15) is 46.6 Å². The third-order valence-electron chi connectivity index (χ3n) is 3.91. The zero-order chi connectivity index (χ0) is 16.5. The Kier molecular flexibility index (Phi) is 4.32. The SMILES string of the molecule is CC(C)(C)CC(C)(C)c1ccc(O)c(-c2ccccc2F)c1. The van der Waals surface area contributed by atoms with Gasteiger partial charge in [-0.1, -0.05) is 58.9 Å². The highest BCUT2D eigenvalue weighted by Gasteiger charge is 2.28. The average molecular weight is 300 g/mol. The highest BCUT2D eigenvalue weighted by Crippen LogP contribution is 2.40. The third-order valence-corrected chi connectivity index (χ3v) is 3.91. The van der Waals surface area contributed by atoms with Gasteiger partial charge >= 0.3 is 0 Å². The van der Waals surface area contributed by atoms with Crippen LogP contribution in [-0.2, 0) is 5.41 Å². The maximum absolute atomic E-state index is 14.0. The summed E-state index contributed by atoms with van der Waals surface area (Å²) in [7, 11) is 0. The van der Waals surface area contributed by atoms with Gasteiger partial charge in [-0.05, 0) is 41.0 Å². The lowest BCUT2D eigenvalue weighted by atomic mass is 9.72. The monoisotopic (exact) mass is 300 g/mol. The van der Waals surface area contributed by atoms with Gasteiger partial charge in [0, 0.05) is 11.1 Å². The van der Waals surface area contributed by atoms with Crippen molar-refractivity contribution in [2.24, 2.45) is 5.41 Å². The van der Waals surface area contributed by atoms with Crippen LogP contribution in [0.15, 0.2) is 42.5 Å². The lowest BCUT2D eigenvalue weighted by molar-refractivity contribution is 0.284. The maximum atomic E-state index is 14.0. The van der Waals surface area contributed by atoms with Crippen molar-refractivity contribution in [3.05, 3.63) is 53.8 Å². The van der Waals surface area contributed by atoms with E-state index in [1.807, 2.05) is 12.1 Å². The summed E-state index contributed by atoms with van der Waals surface area (Å²) < 4.78 is 14.0. The molecule has 0 aliphatic heterocycles. The van der Waals surface area contributed by atoms with Crippen LogP contribution >= 0.6 is 0 Å². The van der Waals surface area contributed by atoms with Crippen molar-refractivity contribution in [3.8, 4) is 16.9 Å². The van der Waals surface area contributed by atoms with E-state index in [0.717, 1.165) is 12.0 Å². The number of aromatic hydroxyl groups is 1. The first-order valence-electron chi connectivity index (χ1n) is 7.69. The minimum Gasteiger partial charge on any atom is -0.507 e. The summed E-state index contributed by atoms with van der Waals surface area (Å²) >= 11 is 0.